The number of hydrogen-bond donors (Lipinski definition) is 0. The lowest BCUT2D eigenvalue weighted by molar-refractivity contribution is 0.340. The Kier molecular flexibility index (Phi) is 11.9. The Bertz CT molecular complexity index is 340. The van der Waals surface area contributed by atoms with E-state index in [1.54, 1.807) is 0 Å². The van der Waals surface area contributed by atoms with Crippen molar-refractivity contribution in [3.63, 3.8) is 0 Å². The highest BCUT2D eigenvalue weighted by atomic mass is 32.3. The topological polar surface area (TPSA) is 52.6 Å². The van der Waals surface area contributed by atoms with Crippen LogP contribution in [0.25, 0.3) is 0 Å². The molecule has 0 saturated heterocycles. The maximum atomic E-state index is 11.3. The van der Waals surface area contributed by atoms with Crippen molar-refractivity contribution in [2.45, 2.75) is 71.1 Å². The third-order valence-corrected chi connectivity index (χ3v) is 7.28. The molecule has 130 valence electrons. The molecule has 0 rings (SSSR count). The Morgan fingerprint density at radius 1 is 0.762 bits per heavy atom. The van der Waals surface area contributed by atoms with Crippen LogP contribution in [0.1, 0.15) is 71.1 Å². The Hall–Kier alpha value is 0.220. The molecule has 4 nitrogen and oxygen atoms in total. The van der Waals surface area contributed by atoms with Crippen LogP contribution in [0, 0.1) is 0 Å². The molecule has 0 saturated carbocycles. The van der Waals surface area contributed by atoms with E-state index in [1.165, 1.54) is 51.4 Å². The van der Waals surface area contributed by atoms with Crippen LogP contribution in [0.5, 0.6) is 0 Å². The molecule has 0 spiro atoms. The van der Waals surface area contributed by atoms with Gasteiger partial charge in [0.15, 0.2) is 0 Å². The lowest BCUT2D eigenvalue weighted by atomic mass is 10.1. The van der Waals surface area contributed by atoms with E-state index in [9.17, 15) is 8.42 Å². The zero-order chi connectivity index (χ0) is 16.2. The summed E-state index contributed by atoms with van der Waals surface area (Å²) in [5.41, 5.74) is 0. The van der Waals surface area contributed by atoms with Crippen molar-refractivity contribution in [3.8, 4) is 0 Å². The fraction of sp³-hybridized carbons (Fsp3) is 1.00. The van der Waals surface area contributed by atoms with Crippen molar-refractivity contribution in [1.82, 2.24) is 0 Å². The van der Waals surface area contributed by atoms with E-state index in [0.29, 0.717) is 0 Å². The molecule has 21 heavy (non-hydrogen) atoms. The van der Waals surface area contributed by atoms with Crippen molar-refractivity contribution in [2.75, 3.05) is 25.4 Å². The van der Waals surface area contributed by atoms with Crippen molar-refractivity contribution < 1.29 is 16.2 Å². The van der Waals surface area contributed by atoms with Crippen LogP contribution >= 0.6 is 10.3 Å². The van der Waals surface area contributed by atoms with Crippen molar-refractivity contribution in [2.24, 2.45) is 0 Å². The Balaban J connectivity index is 3.53. The summed E-state index contributed by atoms with van der Waals surface area (Å²) in [5.74, 6) is 0.812. The van der Waals surface area contributed by atoms with Gasteiger partial charge in [-0.3, -0.25) is 4.18 Å². The second-order valence-corrected chi connectivity index (χ2v) is 10.9. The smallest absolute Gasteiger partial charge is 0.251 e. The number of rotatable bonds is 14. The van der Waals surface area contributed by atoms with E-state index in [2.05, 4.69) is 11.1 Å². The molecule has 0 aliphatic rings. The molecule has 0 aliphatic carbocycles. The summed E-state index contributed by atoms with van der Waals surface area (Å²) in [6, 6.07) is 0. The first-order chi connectivity index (χ1) is 9.83. The zero-order valence-electron chi connectivity index (χ0n) is 14.2. The molecule has 0 N–H and O–H groups in total. The fourth-order valence-electron chi connectivity index (χ4n) is 2.22. The van der Waals surface area contributed by atoms with E-state index in [4.69, 9.17) is 3.63 Å². The molecule has 0 heterocycles. The lowest BCUT2D eigenvalue weighted by Crippen LogP contribution is -2.13. The molecule has 0 unspecified atom stereocenters. The second-order valence-electron chi connectivity index (χ2n) is 5.97. The highest BCUT2D eigenvalue weighted by Crippen LogP contribution is 2.44. The standard InChI is InChI=1S/C15H34O4S2/c1-5-6-7-8-9-10-11-12-13-14-15-20(3,4)19-21(16,17)18-2/h5-15H2,1-4H3. The van der Waals surface area contributed by atoms with Gasteiger partial charge >= 0.3 is 10.4 Å². The van der Waals surface area contributed by atoms with Crippen molar-refractivity contribution in [3.05, 3.63) is 0 Å². The fourth-order valence-corrected chi connectivity index (χ4v) is 5.42. The predicted molar refractivity (Wildman–Crippen MR) is 93.2 cm³/mol. The van der Waals surface area contributed by atoms with Crippen LogP contribution in [-0.4, -0.2) is 33.8 Å². The van der Waals surface area contributed by atoms with Gasteiger partial charge in [0.05, 0.1) is 7.11 Å². The van der Waals surface area contributed by atoms with Crippen LogP contribution in [0.15, 0.2) is 0 Å². The molecule has 0 amide bonds. The highest BCUT2D eigenvalue weighted by molar-refractivity contribution is 8.31. The average molecular weight is 343 g/mol. The first-order valence-electron chi connectivity index (χ1n) is 8.05. The molecule has 0 fully saturated rings. The average Bonchev–Trinajstić information content (AvgIpc) is 2.39. The predicted octanol–water partition coefficient (Wildman–Crippen LogP) is 4.79. The minimum Gasteiger partial charge on any atom is -0.251 e. The SMILES string of the molecule is CCCCCCCCCCCCS(C)(C)OS(=O)(=O)OC. The quantitative estimate of drug-likeness (QED) is 0.426. The van der Waals surface area contributed by atoms with Crippen LogP contribution in [0.4, 0.5) is 0 Å². The van der Waals surface area contributed by atoms with Gasteiger partial charge in [0.1, 0.15) is 0 Å². The lowest BCUT2D eigenvalue weighted by Gasteiger charge is -2.28. The second kappa shape index (κ2) is 11.7. The van der Waals surface area contributed by atoms with Crippen LogP contribution in [-0.2, 0) is 18.2 Å². The zero-order valence-corrected chi connectivity index (χ0v) is 15.9. The van der Waals surface area contributed by atoms with Gasteiger partial charge in [-0.2, -0.15) is 12.0 Å². The summed E-state index contributed by atoms with van der Waals surface area (Å²) in [4.78, 5) is 0. The van der Waals surface area contributed by atoms with Gasteiger partial charge in [0, 0.05) is 0 Å². The normalized spacial score (nSPS) is 13.5. The van der Waals surface area contributed by atoms with E-state index in [1.807, 2.05) is 12.5 Å². The first kappa shape index (κ1) is 21.2. The Labute approximate surface area is 133 Å². The van der Waals surface area contributed by atoms with E-state index in [-0.39, 0.29) is 0 Å². The van der Waals surface area contributed by atoms with Crippen LogP contribution < -0.4 is 0 Å². The van der Waals surface area contributed by atoms with Gasteiger partial charge < -0.3 is 0 Å². The monoisotopic (exact) mass is 342 g/mol. The molecule has 6 heteroatoms. The molecule has 0 aromatic heterocycles. The summed E-state index contributed by atoms with van der Waals surface area (Å²) in [7, 11) is -4.24. The molecule has 0 bridgehead atoms. The molecular formula is C15H34O4S2. The van der Waals surface area contributed by atoms with E-state index < -0.39 is 20.7 Å². The molecular weight excluding hydrogens is 308 g/mol. The highest BCUT2D eigenvalue weighted by Gasteiger charge is 2.21. The van der Waals surface area contributed by atoms with Gasteiger partial charge in [0.25, 0.3) is 0 Å². The Morgan fingerprint density at radius 3 is 1.62 bits per heavy atom. The number of hydrogen-bond acceptors (Lipinski definition) is 4. The summed E-state index contributed by atoms with van der Waals surface area (Å²) < 4.78 is 32.0. The summed E-state index contributed by atoms with van der Waals surface area (Å²) in [6.45, 7) is 2.24. The summed E-state index contributed by atoms with van der Waals surface area (Å²) in [5, 5.41) is 0. The summed E-state index contributed by atoms with van der Waals surface area (Å²) in [6.07, 6.45) is 16.5. The maximum absolute atomic E-state index is 11.3. The van der Waals surface area contributed by atoms with Crippen LogP contribution in [0.2, 0.25) is 0 Å². The first-order valence-corrected chi connectivity index (χ1v) is 11.9. The van der Waals surface area contributed by atoms with Crippen molar-refractivity contribution in [1.29, 1.82) is 0 Å². The maximum Gasteiger partial charge on any atom is 0.409 e. The van der Waals surface area contributed by atoms with E-state index >= 15 is 0 Å². The van der Waals surface area contributed by atoms with Gasteiger partial charge in [-0.15, -0.1) is 10.3 Å². The van der Waals surface area contributed by atoms with Gasteiger partial charge in [-0.05, 0) is 24.7 Å². The van der Waals surface area contributed by atoms with Gasteiger partial charge in [0.2, 0.25) is 0 Å². The minimum atomic E-state index is -3.80. The molecule has 0 atom stereocenters. The van der Waals surface area contributed by atoms with E-state index in [0.717, 1.165) is 25.7 Å². The largest absolute Gasteiger partial charge is 0.409 e. The van der Waals surface area contributed by atoms with Crippen LogP contribution in [0.3, 0.4) is 0 Å². The van der Waals surface area contributed by atoms with Gasteiger partial charge in [-0.1, -0.05) is 64.7 Å². The number of unbranched alkanes of at least 4 members (excludes halogenated alkanes) is 9. The molecule has 0 aromatic carbocycles. The Morgan fingerprint density at radius 2 is 1.19 bits per heavy atom. The molecule has 0 radical (unpaired) electrons. The summed E-state index contributed by atoms with van der Waals surface area (Å²) >= 11 is 0. The third-order valence-electron chi connectivity index (χ3n) is 3.46. The van der Waals surface area contributed by atoms with Gasteiger partial charge in [-0.25, -0.2) is 0 Å². The minimum absolute atomic E-state index is 0.812. The molecule has 0 aliphatic heterocycles. The third kappa shape index (κ3) is 13.6. The molecule has 0 aromatic rings. The van der Waals surface area contributed by atoms with Crippen molar-refractivity contribution >= 4 is 20.7 Å².